The fourth-order valence-corrected chi connectivity index (χ4v) is 4.09. The van der Waals surface area contributed by atoms with Crippen LogP contribution in [0.3, 0.4) is 0 Å². The molecular weight excluding hydrogens is 504 g/mol. The molecule has 0 saturated heterocycles. The van der Waals surface area contributed by atoms with E-state index in [0.717, 1.165) is 22.0 Å². The Kier molecular flexibility index (Phi) is 10.2. The third kappa shape index (κ3) is 7.75. The molecule has 1 N–H and O–H groups in total. The first-order chi connectivity index (χ1) is 15.6. The number of carbonyl (C=O) groups excluding carboxylic acids is 2. The Labute approximate surface area is 211 Å². The maximum atomic E-state index is 13.3. The van der Waals surface area contributed by atoms with Crippen LogP contribution in [-0.2, 0) is 21.5 Å². The van der Waals surface area contributed by atoms with Gasteiger partial charge in [-0.2, -0.15) is 0 Å². The minimum absolute atomic E-state index is 0.00280. The molecule has 1 atom stereocenters. The van der Waals surface area contributed by atoms with E-state index in [1.165, 1.54) is 0 Å². The van der Waals surface area contributed by atoms with Crippen molar-refractivity contribution in [2.45, 2.75) is 65.5 Å². The van der Waals surface area contributed by atoms with Crippen molar-refractivity contribution in [1.29, 1.82) is 0 Å². The van der Waals surface area contributed by atoms with E-state index >= 15 is 0 Å². The normalized spacial score (nSPS) is 12.2. The molecule has 0 fully saturated rings. The Balaban J connectivity index is 2.24. The van der Waals surface area contributed by atoms with Crippen molar-refractivity contribution in [3.05, 3.63) is 63.1 Å². The molecular formula is C26H34BrClN2O3. The minimum atomic E-state index is -0.615. The van der Waals surface area contributed by atoms with Crippen LogP contribution in [-0.4, -0.2) is 35.9 Å². The Hall–Kier alpha value is -2.05. The van der Waals surface area contributed by atoms with Gasteiger partial charge in [-0.05, 0) is 63.5 Å². The fraction of sp³-hybridized carbons (Fsp3) is 0.462. The Morgan fingerprint density at radius 2 is 1.85 bits per heavy atom. The lowest BCUT2D eigenvalue weighted by Crippen LogP contribution is -2.50. The highest BCUT2D eigenvalue weighted by molar-refractivity contribution is 9.10. The summed E-state index contributed by atoms with van der Waals surface area (Å²) in [5.74, 6) is 0.133. The summed E-state index contributed by atoms with van der Waals surface area (Å²) in [7, 11) is 0. The second-order valence-electron chi connectivity index (χ2n) is 9.01. The van der Waals surface area contributed by atoms with E-state index in [1.807, 2.05) is 50.2 Å². The zero-order valence-corrected chi connectivity index (χ0v) is 22.4. The average Bonchev–Trinajstić information content (AvgIpc) is 2.77. The van der Waals surface area contributed by atoms with Crippen molar-refractivity contribution in [2.75, 3.05) is 13.2 Å². The number of hydrogen-bond donors (Lipinski definition) is 1. The fourth-order valence-electron chi connectivity index (χ4n) is 3.40. The molecule has 0 unspecified atom stereocenters. The Morgan fingerprint density at radius 3 is 2.42 bits per heavy atom. The molecule has 0 radical (unpaired) electrons. The zero-order valence-electron chi connectivity index (χ0n) is 20.1. The second kappa shape index (κ2) is 12.4. The lowest BCUT2D eigenvalue weighted by Gasteiger charge is -2.31. The predicted molar refractivity (Wildman–Crippen MR) is 138 cm³/mol. The lowest BCUT2D eigenvalue weighted by molar-refractivity contribution is -0.143. The van der Waals surface area contributed by atoms with Crippen molar-refractivity contribution in [3.8, 4) is 5.75 Å². The Morgan fingerprint density at radius 1 is 1.15 bits per heavy atom. The number of hydrogen-bond acceptors (Lipinski definition) is 3. The van der Waals surface area contributed by atoms with Crippen molar-refractivity contribution in [3.63, 3.8) is 0 Å². The number of rotatable bonds is 10. The van der Waals surface area contributed by atoms with E-state index in [1.54, 1.807) is 11.0 Å². The summed E-state index contributed by atoms with van der Waals surface area (Å²) in [6.07, 6.45) is 1.30. The highest BCUT2D eigenvalue weighted by atomic mass is 79.9. The molecule has 0 aliphatic heterocycles. The van der Waals surface area contributed by atoms with Gasteiger partial charge in [-0.15, -0.1) is 0 Å². The molecule has 2 amide bonds. The van der Waals surface area contributed by atoms with Crippen LogP contribution >= 0.6 is 27.5 Å². The standard InChI is InChI=1S/C26H34BrClN2O3/c1-6-14-29-25(32)22(7-2)30(16-18-10-8-9-11-21(18)28)24(31)17-33-23-13-12-19(15-20(23)27)26(3,4)5/h8-13,15,22H,6-7,14,16-17H2,1-5H3,(H,29,32)/t22-/m0/s1. The van der Waals surface area contributed by atoms with E-state index in [-0.39, 0.29) is 30.4 Å². The number of nitrogens with zero attached hydrogens (tertiary/aromatic N) is 1. The van der Waals surface area contributed by atoms with Gasteiger partial charge in [-0.3, -0.25) is 9.59 Å². The number of carbonyl (C=O) groups is 2. The number of halogens is 2. The first-order valence-corrected chi connectivity index (χ1v) is 12.5. The molecule has 0 saturated carbocycles. The highest BCUT2D eigenvalue weighted by Gasteiger charge is 2.29. The topological polar surface area (TPSA) is 58.6 Å². The minimum Gasteiger partial charge on any atom is -0.483 e. The SMILES string of the molecule is CCCNC(=O)[C@H](CC)N(Cc1ccccc1Cl)C(=O)COc1ccc(C(C)(C)C)cc1Br. The van der Waals surface area contributed by atoms with Crippen molar-refractivity contribution in [1.82, 2.24) is 10.2 Å². The average molecular weight is 538 g/mol. The van der Waals surface area contributed by atoms with Gasteiger partial charge in [0.2, 0.25) is 5.91 Å². The van der Waals surface area contributed by atoms with E-state index < -0.39 is 6.04 Å². The summed E-state index contributed by atoms with van der Waals surface area (Å²) in [4.78, 5) is 27.7. The highest BCUT2D eigenvalue weighted by Crippen LogP contribution is 2.31. The predicted octanol–water partition coefficient (Wildman–Crippen LogP) is 6.11. The first kappa shape index (κ1) is 27.2. The molecule has 0 aliphatic carbocycles. The number of ether oxygens (including phenoxy) is 1. The van der Waals surface area contributed by atoms with Crippen LogP contribution in [0.5, 0.6) is 5.75 Å². The van der Waals surface area contributed by atoms with Crippen LogP contribution < -0.4 is 10.1 Å². The molecule has 0 bridgehead atoms. The third-order valence-electron chi connectivity index (χ3n) is 5.38. The van der Waals surface area contributed by atoms with Crippen LogP contribution in [0, 0.1) is 0 Å². The van der Waals surface area contributed by atoms with Crippen LogP contribution in [0.25, 0.3) is 0 Å². The van der Waals surface area contributed by atoms with Gasteiger partial charge >= 0.3 is 0 Å². The monoisotopic (exact) mass is 536 g/mol. The van der Waals surface area contributed by atoms with Gasteiger partial charge < -0.3 is 15.0 Å². The molecule has 7 heteroatoms. The van der Waals surface area contributed by atoms with Crippen molar-refractivity contribution in [2.24, 2.45) is 0 Å². The summed E-state index contributed by atoms with van der Waals surface area (Å²) in [6.45, 7) is 10.9. The molecule has 2 aromatic rings. The van der Waals surface area contributed by atoms with E-state index in [0.29, 0.717) is 23.7 Å². The van der Waals surface area contributed by atoms with Crippen LogP contribution in [0.4, 0.5) is 0 Å². The van der Waals surface area contributed by atoms with Gasteiger partial charge in [0.25, 0.3) is 5.91 Å². The van der Waals surface area contributed by atoms with Gasteiger partial charge in [-0.25, -0.2) is 0 Å². The smallest absolute Gasteiger partial charge is 0.261 e. The summed E-state index contributed by atoms with van der Waals surface area (Å²) >= 11 is 9.91. The summed E-state index contributed by atoms with van der Waals surface area (Å²) in [6, 6.07) is 12.6. The van der Waals surface area contributed by atoms with Gasteiger partial charge in [0.05, 0.1) is 4.47 Å². The second-order valence-corrected chi connectivity index (χ2v) is 10.3. The summed E-state index contributed by atoms with van der Waals surface area (Å²) in [5, 5.41) is 3.46. The lowest BCUT2D eigenvalue weighted by atomic mass is 9.87. The van der Waals surface area contributed by atoms with Crippen LogP contribution in [0.2, 0.25) is 5.02 Å². The molecule has 0 spiro atoms. The van der Waals surface area contributed by atoms with Crippen LogP contribution in [0.15, 0.2) is 46.9 Å². The largest absolute Gasteiger partial charge is 0.483 e. The molecule has 2 aromatic carbocycles. The maximum Gasteiger partial charge on any atom is 0.261 e. The number of nitrogens with one attached hydrogen (secondary N) is 1. The first-order valence-electron chi connectivity index (χ1n) is 11.3. The van der Waals surface area contributed by atoms with E-state index in [9.17, 15) is 9.59 Å². The Bertz CT molecular complexity index is 959. The molecule has 0 aromatic heterocycles. The number of benzene rings is 2. The van der Waals surface area contributed by atoms with Crippen LogP contribution in [0.1, 0.15) is 58.6 Å². The third-order valence-corrected chi connectivity index (χ3v) is 6.37. The molecule has 0 heterocycles. The van der Waals surface area contributed by atoms with Gasteiger partial charge in [0, 0.05) is 18.1 Å². The summed E-state index contributed by atoms with van der Waals surface area (Å²) < 4.78 is 6.65. The van der Waals surface area contributed by atoms with E-state index in [4.69, 9.17) is 16.3 Å². The maximum absolute atomic E-state index is 13.3. The van der Waals surface area contributed by atoms with Gasteiger partial charge in [0.15, 0.2) is 6.61 Å². The van der Waals surface area contributed by atoms with Crippen molar-refractivity contribution >= 4 is 39.3 Å². The van der Waals surface area contributed by atoms with Crippen molar-refractivity contribution < 1.29 is 14.3 Å². The molecule has 180 valence electrons. The molecule has 33 heavy (non-hydrogen) atoms. The zero-order chi connectivity index (χ0) is 24.6. The molecule has 5 nitrogen and oxygen atoms in total. The molecule has 0 aliphatic rings. The molecule has 2 rings (SSSR count). The van der Waals surface area contributed by atoms with Gasteiger partial charge in [-0.1, -0.05) is 70.5 Å². The quantitative estimate of drug-likeness (QED) is 0.398. The summed E-state index contributed by atoms with van der Waals surface area (Å²) in [5.41, 5.74) is 1.94. The van der Waals surface area contributed by atoms with Gasteiger partial charge in [0.1, 0.15) is 11.8 Å². The van der Waals surface area contributed by atoms with E-state index in [2.05, 4.69) is 42.0 Å². The number of amides is 2.